The first-order chi connectivity index (χ1) is 18.9. The predicted octanol–water partition coefficient (Wildman–Crippen LogP) is 5.21. The number of hydrogen-bond acceptors (Lipinski definition) is 7. The highest BCUT2D eigenvalue weighted by molar-refractivity contribution is 7.17. The van der Waals surface area contributed by atoms with E-state index >= 15 is 0 Å². The number of aromatic nitrogens is 1. The molecule has 1 fully saturated rings. The second-order valence-corrected chi connectivity index (χ2v) is 11.1. The maximum atomic E-state index is 14.2. The van der Waals surface area contributed by atoms with Crippen LogP contribution in [-0.2, 0) is 16.0 Å². The SMILES string of the molecule is CCCCC(C(=O)OC)n1c(=O)cc(N)c2ccc(CCN3CCN(c4cc(F)cc5sccc45)CC3)cc21. The van der Waals surface area contributed by atoms with E-state index < -0.39 is 12.0 Å². The molecule has 4 aromatic rings. The summed E-state index contributed by atoms with van der Waals surface area (Å²) in [5, 5.41) is 3.88. The Morgan fingerprint density at radius 2 is 1.90 bits per heavy atom. The van der Waals surface area contributed by atoms with Crippen molar-refractivity contribution in [1.82, 2.24) is 9.47 Å². The zero-order valence-electron chi connectivity index (χ0n) is 22.5. The maximum absolute atomic E-state index is 14.2. The Morgan fingerprint density at radius 3 is 2.64 bits per heavy atom. The van der Waals surface area contributed by atoms with Gasteiger partial charge >= 0.3 is 5.97 Å². The maximum Gasteiger partial charge on any atom is 0.328 e. The normalized spacial score (nSPS) is 15.2. The third kappa shape index (κ3) is 5.65. The number of unbranched alkanes of at least 4 members (excludes halogenated alkanes) is 1. The van der Waals surface area contributed by atoms with Crippen LogP contribution in [0.1, 0.15) is 37.8 Å². The molecule has 2 aromatic carbocycles. The molecular formula is C30H35FN4O3S. The van der Waals surface area contributed by atoms with Crippen LogP contribution < -0.4 is 16.2 Å². The van der Waals surface area contributed by atoms with Crippen LogP contribution in [0.2, 0.25) is 0 Å². The summed E-state index contributed by atoms with van der Waals surface area (Å²) in [4.78, 5) is 30.4. The van der Waals surface area contributed by atoms with E-state index in [0.29, 0.717) is 17.6 Å². The van der Waals surface area contributed by atoms with Crippen molar-refractivity contribution < 1.29 is 13.9 Å². The monoisotopic (exact) mass is 550 g/mol. The number of carbonyl (C=O) groups excluding carboxylic acids is 1. The minimum absolute atomic E-state index is 0.193. The molecule has 2 N–H and O–H groups in total. The first kappa shape index (κ1) is 27.1. The molecule has 0 aliphatic carbocycles. The Morgan fingerprint density at radius 1 is 1.10 bits per heavy atom. The van der Waals surface area contributed by atoms with Gasteiger partial charge in [-0.2, -0.15) is 0 Å². The van der Waals surface area contributed by atoms with Crippen molar-refractivity contribution in [3.05, 3.63) is 69.6 Å². The van der Waals surface area contributed by atoms with Crippen LogP contribution in [-0.4, -0.2) is 55.3 Å². The van der Waals surface area contributed by atoms with Crippen LogP contribution >= 0.6 is 11.3 Å². The van der Waals surface area contributed by atoms with Gasteiger partial charge in [-0.25, -0.2) is 9.18 Å². The highest BCUT2D eigenvalue weighted by Gasteiger charge is 2.25. The van der Waals surface area contributed by atoms with E-state index in [-0.39, 0.29) is 11.4 Å². The summed E-state index contributed by atoms with van der Waals surface area (Å²) in [6.45, 7) is 6.35. The third-order valence-electron chi connectivity index (χ3n) is 7.71. The zero-order valence-corrected chi connectivity index (χ0v) is 23.3. The number of piperazine rings is 1. The van der Waals surface area contributed by atoms with Crippen molar-refractivity contribution in [2.75, 3.05) is 50.5 Å². The van der Waals surface area contributed by atoms with Gasteiger partial charge < -0.3 is 15.4 Å². The first-order valence-corrected chi connectivity index (χ1v) is 14.4. The van der Waals surface area contributed by atoms with E-state index in [2.05, 4.69) is 22.8 Å². The molecule has 1 aliphatic heterocycles. The summed E-state index contributed by atoms with van der Waals surface area (Å²) in [6.07, 6.45) is 3.04. The molecule has 9 heteroatoms. The van der Waals surface area contributed by atoms with Gasteiger partial charge in [0.2, 0.25) is 0 Å². The fraction of sp³-hybridized carbons (Fsp3) is 0.400. The summed E-state index contributed by atoms with van der Waals surface area (Å²) >= 11 is 1.57. The molecule has 7 nitrogen and oxygen atoms in total. The average Bonchev–Trinajstić information content (AvgIpc) is 3.41. The molecule has 206 valence electrons. The van der Waals surface area contributed by atoms with E-state index in [1.807, 2.05) is 23.6 Å². The topological polar surface area (TPSA) is 80.8 Å². The van der Waals surface area contributed by atoms with Crippen LogP contribution in [0.5, 0.6) is 0 Å². The number of carbonyl (C=O) groups is 1. The van der Waals surface area contributed by atoms with Gasteiger partial charge in [0.05, 0.1) is 12.6 Å². The van der Waals surface area contributed by atoms with E-state index in [4.69, 9.17) is 10.5 Å². The fourth-order valence-electron chi connectivity index (χ4n) is 5.56. The first-order valence-electron chi connectivity index (χ1n) is 13.5. The highest BCUT2D eigenvalue weighted by Crippen LogP contribution is 2.32. The third-order valence-corrected chi connectivity index (χ3v) is 8.57. The number of esters is 1. The minimum Gasteiger partial charge on any atom is -0.467 e. The second-order valence-electron chi connectivity index (χ2n) is 10.2. The molecule has 0 bridgehead atoms. The van der Waals surface area contributed by atoms with Gasteiger partial charge in [-0.05, 0) is 48.1 Å². The zero-order chi connectivity index (χ0) is 27.5. The number of pyridine rings is 1. The number of halogens is 1. The average molecular weight is 551 g/mol. The van der Waals surface area contributed by atoms with Crippen molar-refractivity contribution in [2.45, 2.75) is 38.6 Å². The molecule has 39 heavy (non-hydrogen) atoms. The predicted molar refractivity (Wildman–Crippen MR) is 157 cm³/mol. The molecule has 2 aromatic heterocycles. The van der Waals surface area contributed by atoms with Gasteiger partial charge in [0.15, 0.2) is 0 Å². The molecule has 1 atom stereocenters. The molecule has 0 radical (unpaired) electrons. The Bertz CT molecular complexity index is 1540. The largest absolute Gasteiger partial charge is 0.467 e. The van der Waals surface area contributed by atoms with E-state index in [9.17, 15) is 14.0 Å². The lowest BCUT2D eigenvalue weighted by atomic mass is 10.0. The molecule has 0 amide bonds. The van der Waals surface area contributed by atoms with Crippen molar-refractivity contribution in [2.24, 2.45) is 0 Å². The summed E-state index contributed by atoms with van der Waals surface area (Å²) in [5.41, 5.74) is 9.04. The smallest absolute Gasteiger partial charge is 0.328 e. The lowest BCUT2D eigenvalue weighted by Gasteiger charge is -2.36. The number of benzene rings is 2. The number of rotatable bonds is 9. The Kier molecular flexibility index (Phi) is 8.18. The molecule has 0 saturated carbocycles. The number of nitrogens with two attached hydrogens (primary N) is 1. The van der Waals surface area contributed by atoms with Gasteiger partial charge in [0, 0.05) is 65.6 Å². The molecule has 5 rings (SSSR count). The second kappa shape index (κ2) is 11.8. The van der Waals surface area contributed by atoms with E-state index in [1.165, 1.54) is 13.2 Å². The standard InChI is InChI=1S/C30H35FN4O3S/c1-3-4-5-25(30(37)38-2)35-27-16-20(6-7-22(27)24(32)19-29(35)36)8-10-33-11-13-34(14-12-33)26-17-21(31)18-28-23(26)9-15-39-28/h6-7,9,15-19,25H,3-5,8,10-14,32H2,1-2H3. The summed E-state index contributed by atoms with van der Waals surface area (Å²) in [5.74, 6) is -0.611. The van der Waals surface area contributed by atoms with Crippen molar-refractivity contribution >= 4 is 49.7 Å². The Balaban J connectivity index is 1.32. The lowest BCUT2D eigenvalue weighted by molar-refractivity contribution is -0.144. The van der Waals surface area contributed by atoms with Gasteiger partial charge in [0.25, 0.3) is 5.56 Å². The number of methoxy groups -OCH3 is 1. The van der Waals surface area contributed by atoms with Gasteiger partial charge in [0.1, 0.15) is 11.9 Å². The molecule has 1 unspecified atom stereocenters. The molecule has 1 saturated heterocycles. The van der Waals surface area contributed by atoms with Crippen LogP contribution in [0.3, 0.4) is 0 Å². The number of ether oxygens (including phenoxy) is 1. The fourth-order valence-corrected chi connectivity index (χ4v) is 6.39. The highest BCUT2D eigenvalue weighted by atomic mass is 32.1. The van der Waals surface area contributed by atoms with Crippen LogP contribution in [0.25, 0.3) is 21.0 Å². The Hall–Kier alpha value is -3.43. The number of anilines is 2. The van der Waals surface area contributed by atoms with E-state index in [0.717, 1.165) is 78.7 Å². The molecule has 0 spiro atoms. The number of fused-ring (bicyclic) bond motifs is 2. The van der Waals surface area contributed by atoms with Crippen molar-refractivity contribution in [3.63, 3.8) is 0 Å². The number of nitrogens with zero attached hydrogens (tertiary/aromatic N) is 3. The number of thiophene rings is 1. The minimum atomic E-state index is -0.689. The van der Waals surface area contributed by atoms with Crippen LogP contribution in [0.4, 0.5) is 15.8 Å². The summed E-state index contributed by atoms with van der Waals surface area (Å²) < 4.78 is 21.8. The van der Waals surface area contributed by atoms with Gasteiger partial charge in [-0.15, -0.1) is 11.3 Å². The molecule has 3 heterocycles. The van der Waals surface area contributed by atoms with Crippen molar-refractivity contribution in [1.29, 1.82) is 0 Å². The van der Waals surface area contributed by atoms with Crippen LogP contribution in [0.15, 0.2) is 52.6 Å². The van der Waals surface area contributed by atoms with E-state index in [1.54, 1.807) is 28.0 Å². The lowest BCUT2D eigenvalue weighted by Crippen LogP contribution is -2.47. The Labute approximate surface area is 231 Å². The molecule has 1 aliphatic rings. The number of nitrogen functional groups attached to an aromatic ring is 1. The number of hydrogen-bond donors (Lipinski definition) is 1. The van der Waals surface area contributed by atoms with Crippen molar-refractivity contribution in [3.8, 4) is 0 Å². The van der Waals surface area contributed by atoms with Gasteiger partial charge in [-0.1, -0.05) is 31.9 Å². The van der Waals surface area contributed by atoms with Gasteiger partial charge in [-0.3, -0.25) is 14.3 Å². The quantitative estimate of drug-likeness (QED) is 0.288. The molecular weight excluding hydrogens is 515 g/mol. The summed E-state index contributed by atoms with van der Waals surface area (Å²) in [6, 6.07) is 12.0. The van der Waals surface area contributed by atoms with Crippen LogP contribution in [0, 0.1) is 5.82 Å². The summed E-state index contributed by atoms with van der Waals surface area (Å²) in [7, 11) is 1.36.